The van der Waals surface area contributed by atoms with Crippen LogP contribution in [0.4, 0.5) is 5.13 Å². The molecule has 0 unspecified atom stereocenters. The molecule has 0 bridgehead atoms. The van der Waals surface area contributed by atoms with Crippen molar-refractivity contribution in [1.82, 2.24) is 14.3 Å². The Morgan fingerprint density at radius 1 is 1.37 bits per heavy atom. The van der Waals surface area contributed by atoms with Crippen LogP contribution >= 0.6 is 11.5 Å². The van der Waals surface area contributed by atoms with E-state index in [-0.39, 0.29) is 6.54 Å². The van der Waals surface area contributed by atoms with Crippen LogP contribution in [-0.2, 0) is 4.79 Å². The Bertz CT molecular complexity index is 435. The first-order valence-electron chi connectivity index (χ1n) is 6.59. The maximum Gasteiger partial charge on any atom is 0.317 e. The van der Waals surface area contributed by atoms with Gasteiger partial charge < -0.3 is 10.0 Å². The number of aromatic nitrogens is 2. The maximum atomic E-state index is 10.7. The lowest BCUT2D eigenvalue weighted by Gasteiger charge is -2.19. The van der Waals surface area contributed by atoms with Crippen molar-refractivity contribution in [3.8, 4) is 0 Å². The Balaban J connectivity index is 1.96. The van der Waals surface area contributed by atoms with Crippen molar-refractivity contribution >= 4 is 22.6 Å². The van der Waals surface area contributed by atoms with Crippen molar-refractivity contribution in [3.05, 3.63) is 5.82 Å². The number of rotatable bonds is 4. The number of anilines is 1. The van der Waals surface area contributed by atoms with Crippen molar-refractivity contribution < 1.29 is 9.90 Å². The normalized spacial score (nSPS) is 17.7. The van der Waals surface area contributed by atoms with E-state index in [1.165, 1.54) is 11.5 Å². The molecular weight excluding hydrogens is 264 g/mol. The number of carboxylic acids is 1. The molecular formula is C12H20N4O2S. The van der Waals surface area contributed by atoms with E-state index in [1.807, 2.05) is 4.90 Å². The molecule has 2 heterocycles. The fraction of sp³-hybridized carbons (Fsp3) is 0.750. The van der Waals surface area contributed by atoms with Crippen LogP contribution in [0.25, 0.3) is 0 Å². The minimum absolute atomic E-state index is 0.126. The number of nitrogens with zero attached hydrogens (tertiary/aromatic N) is 4. The molecule has 0 saturated carbocycles. The molecule has 1 aliphatic heterocycles. The zero-order chi connectivity index (χ0) is 13.8. The lowest BCUT2D eigenvalue weighted by Crippen LogP contribution is -2.34. The van der Waals surface area contributed by atoms with Crippen molar-refractivity contribution in [2.75, 3.05) is 37.6 Å². The van der Waals surface area contributed by atoms with E-state index in [0.717, 1.165) is 43.6 Å². The maximum absolute atomic E-state index is 10.7. The molecule has 1 N–H and O–H groups in total. The van der Waals surface area contributed by atoms with Crippen molar-refractivity contribution in [3.63, 3.8) is 0 Å². The molecule has 19 heavy (non-hydrogen) atoms. The van der Waals surface area contributed by atoms with E-state index in [1.54, 1.807) is 0 Å². The second-order valence-corrected chi connectivity index (χ2v) is 5.83. The summed E-state index contributed by atoms with van der Waals surface area (Å²) in [5, 5.41) is 9.79. The van der Waals surface area contributed by atoms with Crippen molar-refractivity contribution in [2.24, 2.45) is 0 Å². The first-order valence-corrected chi connectivity index (χ1v) is 7.36. The van der Waals surface area contributed by atoms with E-state index in [2.05, 4.69) is 28.1 Å². The molecule has 106 valence electrons. The molecule has 2 rings (SSSR count). The minimum Gasteiger partial charge on any atom is -0.480 e. The van der Waals surface area contributed by atoms with Crippen LogP contribution in [0.2, 0.25) is 0 Å². The topological polar surface area (TPSA) is 69.6 Å². The highest BCUT2D eigenvalue weighted by molar-refractivity contribution is 7.09. The Hall–Kier alpha value is -1.21. The van der Waals surface area contributed by atoms with Gasteiger partial charge in [0.2, 0.25) is 5.13 Å². The second-order valence-electron chi connectivity index (χ2n) is 5.10. The van der Waals surface area contributed by atoms with E-state index in [0.29, 0.717) is 5.92 Å². The van der Waals surface area contributed by atoms with E-state index in [4.69, 9.17) is 5.11 Å². The van der Waals surface area contributed by atoms with Gasteiger partial charge in [-0.25, -0.2) is 4.98 Å². The van der Waals surface area contributed by atoms with E-state index >= 15 is 0 Å². The Kier molecular flexibility index (Phi) is 4.71. The molecule has 0 radical (unpaired) electrons. The number of hydrogen-bond donors (Lipinski definition) is 1. The molecule has 1 saturated heterocycles. The zero-order valence-electron chi connectivity index (χ0n) is 11.4. The molecule has 7 heteroatoms. The van der Waals surface area contributed by atoms with Crippen LogP contribution < -0.4 is 4.90 Å². The summed E-state index contributed by atoms with van der Waals surface area (Å²) in [6, 6.07) is 0. The van der Waals surface area contributed by atoms with Crippen LogP contribution in [0.15, 0.2) is 0 Å². The van der Waals surface area contributed by atoms with Gasteiger partial charge in [-0.3, -0.25) is 9.69 Å². The highest BCUT2D eigenvalue weighted by atomic mass is 32.1. The van der Waals surface area contributed by atoms with Gasteiger partial charge in [0, 0.05) is 43.6 Å². The van der Waals surface area contributed by atoms with Gasteiger partial charge in [-0.15, -0.1) is 0 Å². The number of hydrogen-bond acceptors (Lipinski definition) is 6. The van der Waals surface area contributed by atoms with Crippen LogP contribution in [0, 0.1) is 0 Å². The van der Waals surface area contributed by atoms with Gasteiger partial charge >= 0.3 is 5.97 Å². The summed E-state index contributed by atoms with van der Waals surface area (Å²) in [6.45, 7) is 7.64. The summed E-state index contributed by atoms with van der Waals surface area (Å²) in [5.41, 5.74) is 0. The summed E-state index contributed by atoms with van der Waals surface area (Å²) >= 11 is 1.44. The monoisotopic (exact) mass is 284 g/mol. The standard InChI is InChI=1S/C12H20N4O2S/c1-9(2)11-13-12(19-14-11)16-5-3-4-15(6-7-16)8-10(17)18/h9H,3-8H2,1-2H3,(H,17,18). The number of carboxylic acid groups (broad SMARTS) is 1. The van der Waals surface area contributed by atoms with Gasteiger partial charge in [-0.1, -0.05) is 13.8 Å². The largest absolute Gasteiger partial charge is 0.480 e. The molecule has 0 aromatic carbocycles. The van der Waals surface area contributed by atoms with Crippen LogP contribution in [-0.4, -0.2) is 58.1 Å². The van der Waals surface area contributed by atoms with Crippen LogP contribution in [0.1, 0.15) is 32.0 Å². The van der Waals surface area contributed by atoms with Crippen molar-refractivity contribution in [2.45, 2.75) is 26.2 Å². The number of carbonyl (C=O) groups is 1. The quantitative estimate of drug-likeness (QED) is 0.897. The molecule has 1 aliphatic rings. The fourth-order valence-electron chi connectivity index (χ4n) is 2.10. The summed E-state index contributed by atoms with van der Waals surface area (Å²) in [7, 11) is 0. The first kappa shape index (κ1) is 14.2. The predicted octanol–water partition coefficient (Wildman–Crippen LogP) is 1.26. The highest BCUT2D eigenvalue weighted by Crippen LogP contribution is 2.22. The third kappa shape index (κ3) is 3.87. The lowest BCUT2D eigenvalue weighted by molar-refractivity contribution is -0.138. The van der Waals surface area contributed by atoms with Gasteiger partial charge in [-0.05, 0) is 6.42 Å². The Labute approximate surface area is 117 Å². The molecule has 1 aromatic rings. The molecule has 1 aromatic heterocycles. The summed E-state index contributed by atoms with van der Waals surface area (Å²) in [4.78, 5) is 19.5. The minimum atomic E-state index is -0.758. The van der Waals surface area contributed by atoms with Gasteiger partial charge in [0.15, 0.2) is 0 Å². The van der Waals surface area contributed by atoms with Gasteiger partial charge in [0.25, 0.3) is 0 Å². The average Bonchev–Trinajstić information content (AvgIpc) is 2.72. The second kappa shape index (κ2) is 6.29. The Morgan fingerprint density at radius 3 is 2.79 bits per heavy atom. The molecule has 0 spiro atoms. The molecule has 0 aliphatic carbocycles. The average molecular weight is 284 g/mol. The van der Waals surface area contributed by atoms with E-state index in [9.17, 15) is 4.79 Å². The molecule has 0 atom stereocenters. The van der Waals surface area contributed by atoms with Crippen LogP contribution in [0.3, 0.4) is 0 Å². The summed E-state index contributed by atoms with van der Waals surface area (Å²) in [5.74, 6) is 0.485. The SMILES string of the molecule is CC(C)c1nsc(N2CCCN(CC(=O)O)CC2)n1. The van der Waals surface area contributed by atoms with Gasteiger partial charge in [0.1, 0.15) is 5.82 Å². The number of aliphatic carboxylic acids is 1. The predicted molar refractivity (Wildman–Crippen MR) is 74.9 cm³/mol. The third-order valence-corrected chi connectivity index (χ3v) is 3.96. The molecule has 0 amide bonds. The molecule has 1 fully saturated rings. The zero-order valence-corrected chi connectivity index (χ0v) is 12.2. The molecule has 6 nitrogen and oxygen atoms in total. The smallest absolute Gasteiger partial charge is 0.317 e. The first-order chi connectivity index (χ1) is 9.06. The highest BCUT2D eigenvalue weighted by Gasteiger charge is 2.19. The van der Waals surface area contributed by atoms with Gasteiger partial charge in [-0.2, -0.15) is 4.37 Å². The van der Waals surface area contributed by atoms with Crippen LogP contribution in [0.5, 0.6) is 0 Å². The lowest BCUT2D eigenvalue weighted by atomic mass is 10.2. The van der Waals surface area contributed by atoms with Crippen molar-refractivity contribution in [1.29, 1.82) is 0 Å². The fourth-order valence-corrected chi connectivity index (χ4v) is 2.96. The third-order valence-electron chi connectivity index (χ3n) is 3.17. The summed E-state index contributed by atoms with van der Waals surface area (Å²) < 4.78 is 4.37. The van der Waals surface area contributed by atoms with E-state index < -0.39 is 5.97 Å². The summed E-state index contributed by atoms with van der Waals surface area (Å²) in [6.07, 6.45) is 0.962. The Morgan fingerprint density at radius 2 is 2.16 bits per heavy atom. The van der Waals surface area contributed by atoms with Gasteiger partial charge in [0.05, 0.1) is 6.54 Å².